The second-order valence-electron chi connectivity index (χ2n) is 5.30. The SMILES string of the molecule is Cc1oc(-c2ccc(Cl)cc2)cc1C(=O)/C(C#N)=C/Nc1ncccn1. The van der Waals surface area contributed by atoms with Gasteiger partial charge in [-0.05, 0) is 43.3 Å². The molecule has 0 aliphatic rings. The van der Waals surface area contributed by atoms with E-state index in [0.717, 1.165) is 5.56 Å². The largest absolute Gasteiger partial charge is 0.461 e. The maximum absolute atomic E-state index is 12.7. The molecule has 7 heteroatoms. The number of aromatic nitrogens is 2. The lowest BCUT2D eigenvalue weighted by Crippen LogP contribution is -2.05. The van der Waals surface area contributed by atoms with Crippen molar-refractivity contribution in [1.82, 2.24) is 9.97 Å². The molecule has 3 aromatic rings. The fourth-order valence-corrected chi connectivity index (χ4v) is 2.39. The van der Waals surface area contributed by atoms with Crippen LogP contribution in [0, 0.1) is 18.3 Å². The fourth-order valence-electron chi connectivity index (χ4n) is 2.27. The first-order valence-electron chi connectivity index (χ1n) is 7.63. The highest BCUT2D eigenvalue weighted by Crippen LogP contribution is 2.27. The van der Waals surface area contributed by atoms with Gasteiger partial charge in [-0.3, -0.25) is 4.79 Å². The van der Waals surface area contributed by atoms with Crippen molar-refractivity contribution in [1.29, 1.82) is 5.26 Å². The molecule has 1 N–H and O–H groups in total. The van der Waals surface area contributed by atoms with Crippen LogP contribution < -0.4 is 5.32 Å². The highest BCUT2D eigenvalue weighted by atomic mass is 35.5. The van der Waals surface area contributed by atoms with Crippen molar-refractivity contribution in [2.45, 2.75) is 6.92 Å². The van der Waals surface area contributed by atoms with Crippen LogP contribution in [0.3, 0.4) is 0 Å². The van der Waals surface area contributed by atoms with Crippen LogP contribution in [0.15, 0.2) is 65.0 Å². The van der Waals surface area contributed by atoms with E-state index < -0.39 is 5.78 Å². The summed E-state index contributed by atoms with van der Waals surface area (Å²) in [5.41, 5.74) is 1.03. The van der Waals surface area contributed by atoms with Crippen molar-refractivity contribution < 1.29 is 9.21 Å². The Morgan fingerprint density at radius 1 is 1.27 bits per heavy atom. The molecule has 6 nitrogen and oxygen atoms in total. The van der Waals surface area contributed by atoms with Gasteiger partial charge in [-0.25, -0.2) is 9.97 Å². The maximum Gasteiger partial charge on any atom is 0.226 e. The number of carbonyl (C=O) groups excluding carboxylic acids is 1. The first-order chi connectivity index (χ1) is 12.6. The first-order valence-corrected chi connectivity index (χ1v) is 8.01. The number of allylic oxidation sites excluding steroid dienone is 1. The number of furan rings is 1. The van der Waals surface area contributed by atoms with Gasteiger partial charge in [0, 0.05) is 29.2 Å². The summed E-state index contributed by atoms with van der Waals surface area (Å²) in [5, 5.41) is 12.7. The van der Waals surface area contributed by atoms with Gasteiger partial charge in [-0.15, -0.1) is 0 Å². The van der Waals surface area contributed by atoms with Crippen molar-refractivity contribution in [3.8, 4) is 17.4 Å². The Labute approximate surface area is 154 Å². The summed E-state index contributed by atoms with van der Waals surface area (Å²) < 4.78 is 5.67. The molecule has 2 aromatic heterocycles. The number of nitriles is 1. The molecule has 0 spiro atoms. The first kappa shape index (κ1) is 17.4. The number of benzene rings is 1. The van der Waals surface area contributed by atoms with Gasteiger partial charge in [0.2, 0.25) is 11.7 Å². The fraction of sp³-hybridized carbons (Fsp3) is 0.0526. The number of anilines is 1. The molecule has 0 saturated carbocycles. The van der Waals surface area contributed by atoms with E-state index in [0.29, 0.717) is 28.1 Å². The lowest BCUT2D eigenvalue weighted by molar-refractivity contribution is 0.103. The molecule has 0 radical (unpaired) electrons. The van der Waals surface area contributed by atoms with Gasteiger partial charge in [-0.2, -0.15) is 5.26 Å². The van der Waals surface area contributed by atoms with Crippen molar-refractivity contribution in [2.75, 3.05) is 5.32 Å². The second kappa shape index (κ2) is 7.64. The Morgan fingerprint density at radius 3 is 2.62 bits per heavy atom. The minimum atomic E-state index is -0.447. The van der Waals surface area contributed by atoms with Crippen LogP contribution in [-0.4, -0.2) is 15.8 Å². The molecule has 128 valence electrons. The number of ketones is 1. The van der Waals surface area contributed by atoms with E-state index in [-0.39, 0.29) is 5.57 Å². The van der Waals surface area contributed by atoms with Crippen LogP contribution in [0.25, 0.3) is 11.3 Å². The van der Waals surface area contributed by atoms with Gasteiger partial charge in [-0.1, -0.05) is 11.6 Å². The van der Waals surface area contributed by atoms with Crippen LogP contribution in [0.1, 0.15) is 16.1 Å². The maximum atomic E-state index is 12.7. The van der Waals surface area contributed by atoms with Gasteiger partial charge in [0.05, 0.1) is 5.56 Å². The smallest absolute Gasteiger partial charge is 0.226 e. The summed E-state index contributed by atoms with van der Waals surface area (Å²) in [6, 6.07) is 12.2. The number of hydrogen-bond donors (Lipinski definition) is 1. The number of nitrogens with zero attached hydrogens (tertiary/aromatic N) is 3. The molecule has 2 heterocycles. The summed E-state index contributed by atoms with van der Waals surface area (Å²) in [4.78, 5) is 20.6. The van der Waals surface area contributed by atoms with Gasteiger partial charge in [0.1, 0.15) is 23.2 Å². The Morgan fingerprint density at radius 2 is 1.96 bits per heavy atom. The third-order valence-electron chi connectivity index (χ3n) is 3.57. The highest BCUT2D eigenvalue weighted by Gasteiger charge is 2.19. The Balaban J connectivity index is 1.86. The average Bonchev–Trinajstić information content (AvgIpc) is 3.05. The number of carbonyl (C=O) groups is 1. The molecule has 0 fully saturated rings. The van der Waals surface area contributed by atoms with Gasteiger partial charge in [0.15, 0.2) is 0 Å². The third kappa shape index (κ3) is 3.79. The quantitative estimate of drug-likeness (QED) is 0.410. The summed E-state index contributed by atoms with van der Waals surface area (Å²) >= 11 is 5.89. The summed E-state index contributed by atoms with van der Waals surface area (Å²) in [6.07, 6.45) is 4.39. The normalized spacial score (nSPS) is 11.0. The van der Waals surface area contributed by atoms with Crippen molar-refractivity contribution >= 4 is 23.3 Å². The molecule has 0 aliphatic carbocycles. The van der Waals surface area contributed by atoms with E-state index in [1.165, 1.54) is 6.20 Å². The van der Waals surface area contributed by atoms with E-state index in [9.17, 15) is 10.1 Å². The summed E-state index contributed by atoms with van der Waals surface area (Å²) in [7, 11) is 0. The monoisotopic (exact) mass is 364 g/mol. The zero-order chi connectivity index (χ0) is 18.5. The molecule has 0 atom stereocenters. The predicted molar refractivity (Wildman–Crippen MR) is 97.6 cm³/mol. The molecule has 0 bridgehead atoms. The second-order valence-corrected chi connectivity index (χ2v) is 5.74. The molecule has 0 aliphatic heterocycles. The summed E-state index contributed by atoms with van der Waals surface area (Å²) in [6.45, 7) is 1.68. The van der Waals surface area contributed by atoms with Gasteiger partial charge in [0.25, 0.3) is 0 Å². The molecule has 0 saturated heterocycles. The number of nitrogens with one attached hydrogen (secondary N) is 1. The Bertz CT molecular complexity index is 1000. The number of hydrogen-bond acceptors (Lipinski definition) is 6. The molecular formula is C19H13ClN4O2. The van der Waals surface area contributed by atoms with Crippen LogP contribution in [0.4, 0.5) is 5.95 Å². The molecule has 1 aromatic carbocycles. The van der Waals surface area contributed by atoms with Crippen molar-refractivity contribution in [3.63, 3.8) is 0 Å². The van der Waals surface area contributed by atoms with Crippen LogP contribution in [0.2, 0.25) is 5.02 Å². The minimum absolute atomic E-state index is 0.0796. The van der Waals surface area contributed by atoms with E-state index in [4.69, 9.17) is 16.0 Å². The molecule has 26 heavy (non-hydrogen) atoms. The van der Waals surface area contributed by atoms with E-state index in [1.54, 1.807) is 55.7 Å². The molecule has 0 amide bonds. The number of aryl methyl sites for hydroxylation is 1. The van der Waals surface area contributed by atoms with E-state index in [2.05, 4.69) is 15.3 Å². The van der Waals surface area contributed by atoms with E-state index >= 15 is 0 Å². The van der Waals surface area contributed by atoms with Gasteiger partial charge < -0.3 is 9.73 Å². The lowest BCUT2D eigenvalue weighted by Gasteiger charge is -1.99. The summed E-state index contributed by atoms with van der Waals surface area (Å²) in [5.74, 6) is 0.799. The highest BCUT2D eigenvalue weighted by molar-refractivity contribution is 6.30. The lowest BCUT2D eigenvalue weighted by atomic mass is 10.0. The zero-order valence-electron chi connectivity index (χ0n) is 13.7. The van der Waals surface area contributed by atoms with Crippen LogP contribution in [0.5, 0.6) is 0 Å². The van der Waals surface area contributed by atoms with Crippen LogP contribution in [-0.2, 0) is 0 Å². The predicted octanol–water partition coefficient (Wildman–Crippen LogP) is 4.40. The molecular weight excluding hydrogens is 352 g/mol. The number of Topliss-reactive ketones (excluding diaryl/α,β-unsaturated/α-hetero) is 1. The van der Waals surface area contributed by atoms with E-state index in [1.807, 2.05) is 6.07 Å². The van der Waals surface area contributed by atoms with Crippen molar-refractivity contribution in [3.05, 3.63) is 76.9 Å². The topological polar surface area (TPSA) is 91.8 Å². The number of halogens is 1. The molecule has 3 rings (SSSR count). The van der Waals surface area contributed by atoms with Crippen molar-refractivity contribution in [2.24, 2.45) is 0 Å². The number of rotatable bonds is 5. The Kier molecular flexibility index (Phi) is 5.11. The zero-order valence-corrected chi connectivity index (χ0v) is 14.5. The third-order valence-corrected chi connectivity index (χ3v) is 3.82. The standard InChI is InChI=1S/C19H13ClN4O2/c1-12-16(9-17(26-12)13-3-5-15(20)6-4-13)18(25)14(10-21)11-24-19-22-7-2-8-23-19/h2-9,11H,1H3,(H,22,23,24)/b14-11+. The molecule has 0 unspecified atom stereocenters. The van der Waals surface area contributed by atoms with Gasteiger partial charge >= 0.3 is 0 Å². The average molecular weight is 365 g/mol. The Hall–Kier alpha value is -3.43. The minimum Gasteiger partial charge on any atom is -0.461 e. The van der Waals surface area contributed by atoms with Crippen LogP contribution >= 0.6 is 11.6 Å².